The summed E-state index contributed by atoms with van der Waals surface area (Å²) >= 11 is 0. The van der Waals surface area contributed by atoms with Gasteiger partial charge in [-0.3, -0.25) is 0 Å². The van der Waals surface area contributed by atoms with Crippen LogP contribution in [0.25, 0.3) is 0 Å². The summed E-state index contributed by atoms with van der Waals surface area (Å²) in [6.45, 7) is 6.63. The fourth-order valence-electron chi connectivity index (χ4n) is 1.14. The van der Waals surface area contributed by atoms with Crippen molar-refractivity contribution in [2.24, 2.45) is 0 Å². The molecule has 0 fully saturated rings. The van der Waals surface area contributed by atoms with E-state index >= 15 is 0 Å². The van der Waals surface area contributed by atoms with Gasteiger partial charge in [-0.05, 0) is 23.5 Å². The smallest absolute Gasteiger partial charge is 0 e. The molecule has 0 amide bonds. The third kappa shape index (κ3) is 2.07. The van der Waals surface area contributed by atoms with Crippen molar-refractivity contribution in [1.82, 2.24) is 0 Å². The van der Waals surface area contributed by atoms with E-state index in [9.17, 15) is 0 Å². The summed E-state index contributed by atoms with van der Waals surface area (Å²) in [5.41, 5.74) is 2.86. The van der Waals surface area contributed by atoms with Crippen LogP contribution >= 0.6 is 0 Å². The van der Waals surface area contributed by atoms with Gasteiger partial charge >= 0.3 is 0 Å². The molecule has 1 aromatic carbocycles. The van der Waals surface area contributed by atoms with Crippen LogP contribution < -0.4 is 0 Å². The van der Waals surface area contributed by atoms with Gasteiger partial charge < -0.3 is 0 Å². The Morgan fingerprint density at radius 3 is 2.09 bits per heavy atom. The molecular formula is C11H18. The molecule has 0 radical (unpaired) electrons. The van der Waals surface area contributed by atoms with Crippen LogP contribution in [0.15, 0.2) is 24.3 Å². The van der Waals surface area contributed by atoms with Crippen molar-refractivity contribution in [1.29, 1.82) is 0 Å². The van der Waals surface area contributed by atoms with E-state index in [1.807, 2.05) is 0 Å². The Morgan fingerprint density at radius 2 is 1.73 bits per heavy atom. The zero-order valence-corrected chi connectivity index (χ0v) is 7.59. The molecule has 0 aromatic heterocycles. The standard InChI is InChI=1S/C11H16.H2/c1-4-10-5-7-11(8-6-10)9(2)3;/h5-9H,4H2,1-3H3;1H. The Labute approximate surface area is 70.7 Å². The monoisotopic (exact) mass is 150 g/mol. The third-order valence-corrected chi connectivity index (χ3v) is 2.05. The molecule has 0 N–H and O–H groups in total. The van der Waals surface area contributed by atoms with Gasteiger partial charge in [0.15, 0.2) is 0 Å². The van der Waals surface area contributed by atoms with Gasteiger partial charge in [-0.25, -0.2) is 0 Å². The van der Waals surface area contributed by atoms with Crippen molar-refractivity contribution < 1.29 is 1.43 Å². The number of hydrogen-bond donors (Lipinski definition) is 0. The predicted molar refractivity (Wildman–Crippen MR) is 52.0 cm³/mol. The van der Waals surface area contributed by atoms with Crippen molar-refractivity contribution in [2.75, 3.05) is 0 Å². The van der Waals surface area contributed by atoms with Gasteiger partial charge in [-0.2, -0.15) is 0 Å². The minimum atomic E-state index is 0. The number of rotatable bonds is 2. The number of aryl methyl sites for hydroxylation is 1. The largest absolute Gasteiger partial charge is 0.0613 e. The topological polar surface area (TPSA) is 0 Å². The van der Waals surface area contributed by atoms with Gasteiger partial charge in [0.2, 0.25) is 0 Å². The Bertz CT molecular complexity index is 211. The van der Waals surface area contributed by atoms with E-state index < -0.39 is 0 Å². The lowest BCUT2D eigenvalue weighted by atomic mass is 10.0. The van der Waals surface area contributed by atoms with Crippen LogP contribution in [-0.4, -0.2) is 0 Å². The highest BCUT2D eigenvalue weighted by atomic mass is 14.0. The molecule has 0 saturated carbocycles. The average molecular weight is 150 g/mol. The van der Waals surface area contributed by atoms with Gasteiger partial charge in [0.1, 0.15) is 0 Å². The molecule has 0 bridgehead atoms. The van der Waals surface area contributed by atoms with E-state index in [4.69, 9.17) is 0 Å². The SMILES string of the molecule is CCc1ccc(C(C)C)cc1.[HH]. The summed E-state index contributed by atoms with van der Waals surface area (Å²) < 4.78 is 0. The van der Waals surface area contributed by atoms with Crippen LogP contribution in [0.4, 0.5) is 0 Å². The fourth-order valence-corrected chi connectivity index (χ4v) is 1.14. The molecular weight excluding hydrogens is 132 g/mol. The zero-order chi connectivity index (χ0) is 8.27. The van der Waals surface area contributed by atoms with Crippen molar-refractivity contribution in [2.45, 2.75) is 33.1 Å². The molecule has 0 aliphatic heterocycles. The van der Waals surface area contributed by atoms with Crippen molar-refractivity contribution in [3.05, 3.63) is 35.4 Å². The van der Waals surface area contributed by atoms with Crippen LogP contribution in [-0.2, 0) is 6.42 Å². The second-order valence-electron chi connectivity index (χ2n) is 3.25. The van der Waals surface area contributed by atoms with Gasteiger partial charge in [0, 0.05) is 1.43 Å². The highest BCUT2D eigenvalue weighted by Crippen LogP contribution is 2.14. The summed E-state index contributed by atoms with van der Waals surface area (Å²) in [5, 5.41) is 0. The molecule has 0 aliphatic rings. The molecule has 1 rings (SSSR count). The van der Waals surface area contributed by atoms with Crippen LogP contribution in [0.3, 0.4) is 0 Å². The number of benzene rings is 1. The lowest BCUT2D eigenvalue weighted by molar-refractivity contribution is 0.865. The highest BCUT2D eigenvalue weighted by Gasteiger charge is 1.96. The second-order valence-corrected chi connectivity index (χ2v) is 3.25. The summed E-state index contributed by atoms with van der Waals surface area (Å²) in [7, 11) is 0. The first-order chi connectivity index (χ1) is 5.24. The minimum Gasteiger partial charge on any atom is -0.0613 e. The first-order valence-corrected chi connectivity index (χ1v) is 4.33. The first-order valence-electron chi connectivity index (χ1n) is 4.33. The predicted octanol–water partition coefficient (Wildman–Crippen LogP) is 3.62. The van der Waals surface area contributed by atoms with E-state index in [0.717, 1.165) is 6.42 Å². The molecule has 0 nitrogen and oxygen atoms in total. The van der Waals surface area contributed by atoms with E-state index in [1.165, 1.54) is 11.1 Å². The van der Waals surface area contributed by atoms with Gasteiger partial charge in [0.05, 0.1) is 0 Å². The zero-order valence-electron chi connectivity index (χ0n) is 7.59. The Morgan fingerprint density at radius 1 is 1.18 bits per heavy atom. The summed E-state index contributed by atoms with van der Waals surface area (Å²) in [4.78, 5) is 0. The molecule has 1 aromatic rings. The number of hydrogen-bond acceptors (Lipinski definition) is 0. The Balaban J connectivity index is 0.00000121. The van der Waals surface area contributed by atoms with Crippen LogP contribution in [0.5, 0.6) is 0 Å². The quantitative estimate of drug-likeness (QED) is 0.604. The molecule has 0 spiro atoms. The average Bonchev–Trinajstić information content (AvgIpc) is 2.05. The molecule has 0 atom stereocenters. The first kappa shape index (κ1) is 8.32. The van der Waals surface area contributed by atoms with E-state index in [-0.39, 0.29) is 1.43 Å². The second kappa shape index (κ2) is 3.56. The highest BCUT2D eigenvalue weighted by molar-refractivity contribution is 5.24. The molecule has 0 saturated heterocycles. The summed E-state index contributed by atoms with van der Waals surface area (Å²) in [5.74, 6) is 0.654. The van der Waals surface area contributed by atoms with Crippen molar-refractivity contribution in [3.63, 3.8) is 0 Å². The van der Waals surface area contributed by atoms with E-state index in [1.54, 1.807) is 0 Å². The lowest BCUT2D eigenvalue weighted by Crippen LogP contribution is -1.87. The van der Waals surface area contributed by atoms with Gasteiger partial charge in [0.25, 0.3) is 0 Å². The van der Waals surface area contributed by atoms with Gasteiger partial charge in [-0.15, -0.1) is 0 Å². The van der Waals surface area contributed by atoms with Crippen molar-refractivity contribution in [3.8, 4) is 0 Å². The maximum absolute atomic E-state index is 2.23. The van der Waals surface area contributed by atoms with Crippen LogP contribution in [0, 0.1) is 0 Å². The molecule has 0 aliphatic carbocycles. The summed E-state index contributed by atoms with van der Waals surface area (Å²) in [6.07, 6.45) is 1.14. The summed E-state index contributed by atoms with van der Waals surface area (Å²) in [6, 6.07) is 8.89. The van der Waals surface area contributed by atoms with E-state index in [2.05, 4.69) is 45.0 Å². The van der Waals surface area contributed by atoms with E-state index in [0.29, 0.717) is 5.92 Å². The molecule has 62 valence electrons. The third-order valence-electron chi connectivity index (χ3n) is 2.05. The maximum Gasteiger partial charge on any atom is 0 e. The van der Waals surface area contributed by atoms with Gasteiger partial charge in [-0.1, -0.05) is 45.0 Å². The molecule has 0 unspecified atom stereocenters. The maximum atomic E-state index is 2.23. The lowest BCUT2D eigenvalue weighted by Gasteiger charge is -2.04. The Kier molecular flexibility index (Phi) is 2.70. The molecule has 0 heterocycles. The fraction of sp³-hybridized carbons (Fsp3) is 0.455. The van der Waals surface area contributed by atoms with Crippen LogP contribution in [0.1, 0.15) is 39.2 Å². The normalized spacial score (nSPS) is 10.5. The van der Waals surface area contributed by atoms with Crippen molar-refractivity contribution >= 4 is 0 Å². The molecule has 0 heteroatoms. The molecule has 11 heavy (non-hydrogen) atoms. The Hall–Kier alpha value is -0.780. The minimum absolute atomic E-state index is 0. The van der Waals surface area contributed by atoms with Crippen LogP contribution in [0.2, 0.25) is 0 Å².